The van der Waals surface area contributed by atoms with E-state index in [2.05, 4.69) is 23.4 Å². The minimum Gasteiger partial charge on any atom is -0.305 e. The Labute approximate surface area is 79.8 Å². The van der Waals surface area contributed by atoms with Crippen molar-refractivity contribution in [2.45, 2.75) is 6.42 Å². The summed E-state index contributed by atoms with van der Waals surface area (Å²) in [6.07, 6.45) is 1.24. The molecule has 1 fully saturated rings. The second kappa shape index (κ2) is 4.85. The van der Waals surface area contributed by atoms with Gasteiger partial charge in [-0.15, -0.1) is 0 Å². The lowest BCUT2D eigenvalue weighted by atomic mass is 10.4. The first-order valence-electron chi connectivity index (χ1n) is 4.42. The molecule has 1 aliphatic rings. The molecule has 0 bridgehead atoms. The molecule has 0 N–H and O–H groups in total. The highest BCUT2D eigenvalue weighted by atomic mass is 35.5. The predicted octanol–water partition coefficient (Wildman–Crippen LogP) is 1.38. The van der Waals surface area contributed by atoms with Crippen molar-refractivity contribution in [3.8, 4) is 0 Å². The molecule has 0 radical (unpaired) electrons. The van der Waals surface area contributed by atoms with Crippen molar-refractivity contribution in [1.29, 1.82) is 0 Å². The van der Waals surface area contributed by atoms with Gasteiger partial charge in [0, 0.05) is 24.7 Å². The Morgan fingerprint density at radius 2 is 2.08 bits per heavy atom. The molecule has 12 heavy (non-hydrogen) atoms. The van der Waals surface area contributed by atoms with E-state index in [0.717, 1.165) is 31.2 Å². The van der Waals surface area contributed by atoms with Crippen LogP contribution in [0.1, 0.15) is 6.42 Å². The van der Waals surface area contributed by atoms with E-state index < -0.39 is 0 Å². The quantitative estimate of drug-likeness (QED) is 0.646. The van der Waals surface area contributed by atoms with Gasteiger partial charge in [-0.1, -0.05) is 18.2 Å². The van der Waals surface area contributed by atoms with E-state index in [1.807, 2.05) is 0 Å². The van der Waals surface area contributed by atoms with Gasteiger partial charge >= 0.3 is 0 Å². The average Bonchev–Trinajstić information content (AvgIpc) is 2.15. The molecule has 1 heterocycles. The van der Waals surface area contributed by atoms with Crippen LogP contribution in [-0.2, 0) is 0 Å². The van der Waals surface area contributed by atoms with Gasteiger partial charge in [0.05, 0.1) is 0 Å². The van der Waals surface area contributed by atoms with Crippen molar-refractivity contribution in [2.24, 2.45) is 0 Å². The van der Waals surface area contributed by atoms with Gasteiger partial charge in [0.25, 0.3) is 0 Å². The maximum atomic E-state index is 5.75. The molecule has 0 aromatic heterocycles. The zero-order chi connectivity index (χ0) is 8.97. The van der Waals surface area contributed by atoms with Gasteiger partial charge in [-0.3, -0.25) is 4.90 Å². The van der Waals surface area contributed by atoms with Crippen molar-refractivity contribution >= 4 is 11.6 Å². The number of hydrogen-bond donors (Lipinski definition) is 0. The molecule has 0 atom stereocenters. The maximum absolute atomic E-state index is 5.75. The summed E-state index contributed by atoms with van der Waals surface area (Å²) in [5.74, 6) is 0. The van der Waals surface area contributed by atoms with Gasteiger partial charge in [0.1, 0.15) is 0 Å². The number of nitrogens with zero attached hydrogens (tertiary/aromatic N) is 2. The van der Waals surface area contributed by atoms with Crippen LogP contribution in [0.15, 0.2) is 11.6 Å². The van der Waals surface area contributed by atoms with Gasteiger partial charge in [-0.25, -0.2) is 0 Å². The van der Waals surface area contributed by atoms with Crippen LogP contribution in [0, 0.1) is 0 Å². The number of likely N-dealkylation sites (N-methyl/N-ethyl adjacent to an activating group) is 1. The summed E-state index contributed by atoms with van der Waals surface area (Å²) in [5.41, 5.74) is 0. The highest BCUT2D eigenvalue weighted by Crippen LogP contribution is 2.05. The first-order chi connectivity index (χ1) is 5.68. The van der Waals surface area contributed by atoms with Gasteiger partial charge in [0.15, 0.2) is 0 Å². The van der Waals surface area contributed by atoms with Crippen molar-refractivity contribution < 1.29 is 0 Å². The van der Waals surface area contributed by atoms with Crippen molar-refractivity contribution in [1.82, 2.24) is 9.80 Å². The molecular weight excluding hydrogens is 172 g/mol. The van der Waals surface area contributed by atoms with Crippen LogP contribution in [0.5, 0.6) is 0 Å². The zero-order valence-corrected chi connectivity index (χ0v) is 8.48. The molecule has 0 saturated carbocycles. The first-order valence-corrected chi connectivity index (χ1v) is 4.80. The van der Waals surface area contributed by atoms with Gasteiger partial charge in [-0.2, -0.15) is 0 Å². The van der Waals surface area contributed by atoms with Crippen molar-refractivity contribution in [2.75, 3.05) is 39.8 Å². The third-order valence-electron chi connectivity index (χ3n) is 2.21. The zero-order valence-electron chi connectivity index (χ0n) is 7.72. The molecule has 2 nitrogen and oxygen atoms in total. The summed E-state index contributed by atoms with van der Waals surface area (Å²) in [5, 5.41) is 0.750. The smallest absolute Gasteiger partial charge is 0.0336 e. The molecule has 1 aliphatic heterocycles. The normalized spacial score (nSPS) is 22.2. The SMILES string of the molecule is C=C(Cl)CN1CCCN(C)CC1. The Balaban J connectivity index is 2.30. The molecule has 0 aromatic carbocycles. The lowest BCUT2D eigenvalue weighted by molar-refractivity contribution is 0.298. The van der Waals surface area contributed by atoms with E-state index in [0.29, 0.717) is 0 Å². The fourth-order valence-electron chi connectivity index (χ4n) is 1.50. The number of rotatable bonds is 2. The largest absolute Gasteiger partial charge is 0.305 e. The van der Waals surface area contributed by atoms with E-state index in [1.165, 1.54) is 13.0 Å². The predicted molar refractivity (Wildman–Crippen MR) is 53.5 cm³/mol. The summed E-state index contributed by atoms with van der Waals surface area (Å²) in [7, 11) is 2.17. The monoisotopic (exact) mass is 188 g/mol. The van der Waals surface area contributed by atoms with Crippen molar-refractivity contribution in [3.05, 3.63) is 11.6 Å². The lowest BCUT2D eigenvalue weighted by Crippen LogP contribution is -2.29. The first kappa shape index (κ1) is 10.0. The van der Waals surface area contributed by atoms with Gasteiger partial charge in [0.2, 0.25) is 0 Å². The molecule has 3 heteroatoms. The maximum Gasteiger partial charge on any atom is 0.0336 e. The second-order valence-corrected chi connectivity index (χ2v) is 3.98. The summed E-state index contributed by atoms with van der Waals surface area (Å²) in [6.45, 7) is 9.16. The van der Waals surface area contributed by atoms with Crippen LogP contribution >= 0.6 is 11.6 Å². The van der Waals surface area contributed by atoms with Crippen LogP contribution in [0.25, 0.3) is 0 Å². The van der Waals surface area contributed by atoms with Gasteiger partial charge < -0.3 is 4.90 Å². The Bertz CT molecular complexity index is 159. The highest BCUT2D eigenvalue weighted by molar-refractivity contribution is 6.29. The lowest BCUT2D eigenvalue weighted by Gasteiger charge is -2.18. The molecule has 0 aliphatic carbocycles. The molecule has 70 valence electrons. The summed E-state index contributed by atoms with van der Waals surface area (Å²) < 4.78 is 0. The molecule has 0 amide bonds. The molecule has 0 spiro atoms. The van der Waals surface area contributed by atoms with Crippen LogP contribution in [0.3, 0.4) is 0 Å². The summed E-state index contributed by atoms with van der Waals surface area (Å²) >= 11 is 5.75. The molecule has 0 unspecified atom stereocenters. The van der Waals surface area contributed by atoms with Crippen LogP contribution in [0.4, 0.5) is 0 Å². The Hall–Kier alpha value is -0.0500. The fraction of sp³-hybridized carbons (Fsp3) is 0.778. The fourth-order valence-corrected chi connectivity index (χ4v) is 1.67. The van der Waals surface area contributed by atoms with E-state index in [9.17, 15) is 0 Å². The topological polar surface area (TPSA) is 6.48 Å². The van der Waals surface area contributed by atoms with E-state index in [1.54, 1.807) is 0 Å². The number of hydrogen-bond acceptors (Lipinski definition) is 2. The molecule has 0 aromatic rings. The standard InChI is InChI=1S/C9H17ClN2/c1-9(10)8-12-5-3-4-11(2)6-7-12/h1,3-8H2,2H3. The van der Waals surface area contributed by atoms with Crippen molar-refractivity contribution in [3.63, 3.8) is 0 Å². The minimum atomic E-state index is 0.750. The Kier molecular flexibility index (Phi) is 4.06. The number of halogens is 1. The van der Waals surface area contributed by atoms with Crippen LogP contribution in [0.2, 0.25) is 0 Å². The molecular formula is C9H17ClN2. The minimum absolute atomic E-state index is 0.750. The Morgan fingerprint density at radius 3 is 2.75 bits per heavy atom. The third-order valence-corrected chi connectivity index (χ3v) is 2.33. The third kappa shape index (κ3) is 3.57. The average molecular weight is 189 g/mol. The Morgan fingerprint density at radius 1 is 1.33 bits per heavy atom. The van der Waals surface area contributed by atoms with E-state index >= 15 is 0 Å². The van der Waals surface area contributed by atoms with E-state index in [4.69, 9.17) is 11.6 Å². The highest BCUT2D eigenvalue weighted by Gasteiger charge is 2.11. The van der Waals surface area contributed by atoms with E-state index in [-0.39, 0.29) is 0 Å². The molecule has 1 saturated heterocycles. The second-order valence-electron chi connectivity index (χ2n) is 3.45. The van der Waals surface area contributed by atoms with Crippen LogP contribution < -0.4 is 0 Å². The summed E-state index contributed by atoms with van der Waals surface area (Å²) in [6, 6.07) is 0. The van der Waals surface area contributed by atoms with Crippen LogP contribution in [-0.4, -0.2) is 49.6 Å². The van der Waals surface area contributed by atoms with Gasteiger partial charge in [-0.05, 0) is 26.6 Å². The molecule has 1 rings (SSSR count). The summed E-state index contributed by atoms with van der Waals surface area (Å²) in [4.78, 5) is 4.72.